The van der Waals surface area contributed by atoms with E-state index in [0.717, 1.165) is 12.0 Å². The van der Waals surface area contributed by atoms with Gasteiger partial charge in [-0.2, -0.15) is 31.4 Å². The van der Waals surface area contributed by atoms with Gasteiger partial charge in [-0.05, 0) is 55.5 Å². The molecule has 1 fully saturated rings. The van der Waals surface area contributed by atoms with Crippen molar-refractivity contribution in [3.05, 3.63) is 87.6 Å². The maximum atomic E-state index is 13.4. The summed E-state index contributed by atoms with van der Waals surface area (Å²) < 4.78 is 87.9. The van der Waals surface area contributed by atoms with Crippen LogP contribution in [0, 0.1) is 0 Å². The van der Waals surface area contributed by atoms with E-state index in [1.54, 1.807) is 4.57 Å². The molecule has 2 aromatic carbocycles. The molecule has 212 valence electrons. The molecule has 12 heteroatoms. The summed E-state index contributed by atoms with van der Waals surface area (Å²) in [5.41, 5.74) is -3.78. The Hall–Kier alpha value is -3.12. The van der Waals surface area contributed by atoms with Gasteiger partial charge in [-0.3, -0.25) is 4.57 Å². The van der Waals surface area contributed by atoms with Crippen molar-refractivity contribution in [2.24, 2.45) is 0 Å². The lowest BCUT2D eigenvalue weighted by Gasteiger charge is -2.48. The van der Waals surface area contributed by atoms with Gasteiger partial charge in [-0.1, -0.05) is 43.7 Å². The van der Waals surface area contributed by atoms with E-state index < -0.39 is 40.7 Å². The fraction of sp³-hybridized carbons (Fsp3) is 0.481. The second-order valence-electron chi connectivity index (χ2n) is 10.1. The van der Waals surface area contributed by atoms with Gasteiger partial charge in [0.2, 0.25) is 0 Å². The first-order valence-corrected chi connectivity index (χ1v) is 12.6. The maximum Gasteiger partial charge on any atom is 0.416 e. The number of nitrogens with zero attached hydrogens (tertiary/aromatic N) is 2. The third kappa shape index (κ3) is 6.06. The van der Waals surface area contributed by atoms with E-state index in [1.165, 1.54) is 13.3 Å². The predicted octanol–water partition coefficient (Wildman–Crippen LogP) is 6.16. The van der Waals surface area contributed by atoms with Gasteiger partial charge in [0, 0.05) is 6.54 Å². The van der Waals surface area contributed by atoms with E-state index >= 15 is 0 Å². The number of hydrogen-bond acceptors (Lipinski definition) is 4. The van der Waals surface area contributed by atoms with E-state index in [-0.39, 0.29) is 23.9 Å². The molecule has 1 saturated heterocycles. The lowest BCUT2D eigenvalue weighted by atomic mass is 9.74. The van der Waals surface area contributed by atoms with Crippen molar-refractivity contribution in [3.8, 4) is 0 Å². The van der Waals surface area contributed by atoms with Gasteiger partial charge in [0.1, 0.15) is 6.33 Å². The number of halogens is 6. The molecule has 2 heterocycles. The van der Waals surface area contributed by atoms with Crippen LogP contribution in [0.3, 0.4) is 0 Å². The van der Waals surface area contributed by atoms with Gasteiger partial charge < -0.3 is 10.1 Å². The zero-order valence-corrected chi connectivity index (χ0v) is 21.5. The number of aromatic amines is 1. The summed E-state index contributed by atoms with van der Waals surface area (Å²) in [6, 6.07) is 10.8. The number of piperidine rings is 1. The van der Waals surface area contributed by atoms with E-state index in [1.807, 2.05) is 37.3 Å². The summed E-state index contributed by atoms with van der Waals surface area (Å²) in [6.07, 6.45) is -6.90. The molecule has 0 saturated carbocycles. The Bertz CT molecular complexity index is 1280. The highest BCUT2D eigenvalue weighted by atomic mass is 19.4. The maximum absolute atomic E-state index is 13.4. The van der Waals surface area contributed by atoms with Gasteiger partial charge in [-0.15, -0.1) is 0 Å². The van der Waals surface area contributed by atoms with Crippen LogP contribution in [0.2, 0.25) is 0 Å². The first-order valence-electron chi connectivity index (χ1n) is 12.6. The summed E-state index contributed by atoms with van der Waals surface area (Å²) in [6.45, 7) is 3.82. The van der Waals surface area contributed by atoms with Crippen LogP contribution < -0.4 is 11.0 Å². The number of rotatable bonds is 8. The summed E-state index contributed by atoms with van der Waals surface area (Å²) in [7, 11) is 0. The second-order valence-corrected chi connectivity index (χ2v) is 10.1. The van der Waals surface area contributed by atoms with Crippen LogP contribution in [-0.2, 0) is 28.2 Å². The molecule has 4 rings (SSSR count). The van der Waals surface area contributed by atoms with Crippen LogP contribution in [0.4, 0.5) is 26.3 Å². The highest BCUT2D eigenvalue weighted by molar-refractivity contribution is 5.35. The Labute approximate surface area is 221 Å². The van der Waals surface area contributed by atoms with Crippen molar-refractivity contribution in [1.82, 2.24) is 20.1 Å². The third-order valence-corrected chi connectivity index (χ3v) is 7.54. The predicted molar refractivity (Wildman–Crippen MR) is 132 cm³/mol. The van der Waals surface area contributed by atoms with E-state index in [2.05, 4.69) is 15.5 Å². The van der Waals surface area contributed by atoms with Crippen LogP contribution in [0.15, 0.2) is 59.7 Å². The Morgan fingerprint density at radius 1 is 1.03 bits per heavy atom. The fourth-order valence-electron chi connectivity index (χ4n) is 5.33. The van der Waals surface area contributed by atoms with Crippen LogP contribution in [-0.4, -0.2) is 27.9 Å². The third-order valence-electron chi connectivity index (χ3n) is 7.54. The highest BCUT2D eigenvalue weighted by Gasteiger charge is 2.45. The Morgan fingerprint density at radius 2 is 1.67 bits per heavy atom. The number of nitrogens with one attached hydrogen (secondary N) is 2. The van der Waals surface area contributed by atoms with Crippen molar-refractivity contribution in [3.63, 3.8) is 0 Å². The van der Waals surface area contributed by atoms with Crippen molar-refractivity contribution in [1.29, 1.82) is 0 Å². The van der Waals surface area contributed by atoms with Crippen molar-refractivity contribution < 1.29 is 31.1 Å². The van der Waals surface area contributed by atoms with Crippen LogP contribution in [0.1, 0.15) is 67.9 Å². The zero-order valence-electron chi connectivity index (χ0n) is 21.5. The molecule has 0 amide bonds. The van der Waals surface area contributed by atoms with Crippen LogP contribution >= 0.6 is 0 Å². The average Bonchev–Trinajstić information content (AvgIpc) is 3.34. The van der Waals surface area contributed by atoms with Gasteiger partial charge in [0.25, 0.3) is 0 Å². The molecule has 1 aromatic heterocycles. The summed E-state index contributed by atoms with van der Waals surface area (Å²) in [5, 5.41) is 9.84. The van der Waals surface area contributed by atoms with Crippen molar-refractivity contribution >= 4 is 0 Å². The molecule has 0 spiro atoms. The summed E-state index contributed by atoms with van der Waals surface area (Å²) >= 11 is 0. The molecule has 0 radical (unpaired) electrons. The summed E-state index contributed by atoms with van der Waals surface area (Å²) in [4.78, 5) is 12.4. The number of aromatic nitrogens is 3. The number of ether oxygens (including phenoxy) is 1. The average molecular weight is 557 g/mol. The topological polar surface area (TPSA) is 71.9 Å². The van der Waals surface area contributed by atoms with Crippen LogP contribution in [0.5, 0.6) is 0 Å². The standard InChI is InChI=1S/C27H30F6N4O2/c1-3-9-24(37-17-35-36-23(37)38)10-11-25(34-15-24,20-7-5-4-6-8-20)16-39-18(2)19-12-21(26(28,29)30)14-22(13-19)27(31,32)33/h4-8,12-14,17-18,34H,3,9-11,15-16H2,1-2H3,(H,36,38)/t18-,24?,25-/m1/s1. The molecule has 1 aliphatic heterocycles. The largest absolute Gasteiger partial charge is 0.416 e. The smallest absolute Gasteiger partial charge is 0.372 e. The van der Waals surface area contributed by atoms with Gasteiger partial charge in [0.05, 0.1) is 34.9 Å². The SMILES string of the molecule is CCCC1(n2cn[nH]c2=O)CC[C@@](CO[C@H](C)c2cc(C(F)(F)F)cc(C(F)(F)F)c2)(c2ccccc2)NC1. The number of alkyl halides is 6. The van der Waals surface area contributed by atoms with Gasteiger partial charge in [0.15, 0.2) is 0 Å². The van der Waals surface area contributed by atoms with Crippen molar-refractivity contribution in [2.75, 3.05) is 13.2 Å². The highest BCUT2D eigenvalue weighted by Crippen LogP contribution is 2.41. The van der Waals surface area contributed by atoms with Gasteiger partial charge >= 0.3 is 18.0 Å². The minimum absolute atomic E-state index is 0.0156. The molecule has 6 nitrogen and oxygen atoms in total. The molecule has 0 aliphatic carbocycles. The molecule has 0 bridgehead atoms. The molecule has 3 aromatic rings. The van der Waals surface area contributed by atoms with Gasteiger partial charge in [-0.25, -0.2) is 9.89 Å². The number of hydrogen-bond donors (Lipinski definition) is 2. The first-order chi connectivity index (χ1) is 18.3. The lowest BCUT2D eigenvalue weighted by Crippen LogP contribution is -2.60. The quantitative estimate of drug-likeness (QED) is 0.326. The first kappa shape index (κ1) is 28.9. The minimum atomic E-state index is -4.94. The molecule has 2 N–H and O–H groups in total. The number of benzene rings is 2. The van der Waals surface area contributed by atoms with Crippen molar-refractivity contribution in [2.45, 2.75) is 69.1 Å². The molecule has 1 aliphatic rings. The van der Waals surface area contributed by atoms with E-state index in [9.17, 15) is 31.1 Å². The fourth-order valence-corrected chi connectivity index (χ4v) is 5.33. The molecular formula is C27H30F6N4O2. The molecular weight excluding hydrogens is 526 g/mol. The molecule has 1 unspecified atom stereocenters. The molecule has 3 atom stereocenters. The monoisotopic (exact) mass is 556 g/mol. The summed E-state index contributed by atoms with van der Waals surface area (Å²) in [5.74, 6) is 0. The Morgan fingerprint density at radius 3 is 2.15 bits per heavy atom. The lowest BCUT2D eigenvalue weighted by molar-refractivity contribution is -0.143. The van der Waals surface area contributed by atoms with E-state index in [4.69, 9.17) is 4.74 Å². The van der Waals surface area contributed by atoms with E-state index in [0.29, 0.717) is 37.9 Å². The minimum Gasteiger partial charge on any atom is -0.372 e. The van der Waals surface area contributed by atoms with Crippen LogP contribution in [0.25, 0.3) is 0 Å². The molecule has 39 heavy (non-hydrogen) atoms. The Kier molecular flexibility index (Phi) is 8.00. The zero-order chi connectivity index (χ0) is 28.5. The normalized spacial score (nSPS) is 23.1. The second kappa shape index (κ2) is 10.8. The Balaban J connectivity index is 1.63. The number of H-pyrrole nitrogens is 1.